The molecule has 0 aliphatic rings. The van der Waals surface area contributed by atoms with E-state index in [0.717, 1.165) is 4.57 Å². The molecule has 8 nitrogen and oxygen atoms in total. The van der Waals surface area contributed by atoms with Gasteiger partial charge in [-0.15, -0.1) is 0 Å². The molecule has 1 aromatic heterocycles. The molecule has 1 amide bonds. The van der Waals surface area contributed by atoms with Gasteiger partial charge >= 0.3 is 12.1 Å². The quantitative estimate of drug-likeness (QED) is 0.880. The number of nitrogens with zero attached hydrogens (tertiary/aromatic N) is 2. The molecule has 2 aromatic rings. The SMILES string of the molecule is CC(C)(C)OC(=O)Nc1ncc(-c2ccccc2)n(CC(=O)O)c1=O. The van der Waals surface area contributed by atoms with Crippen molar-refractivity contribution in [2.75, 3.05) is 5.32 Å². The summed E-state index contributed by atoms with van der Waals surface area (Å²) < 4.78 is 6.12. The largest absolute Gasteiger partial charge is 0.480 e. The van der Waals surface area contributed by atoms with Crippen LogP contribution in [0.2, 0.25) is 0 Å². The zero-order valence-corrected chi connectivity index (χ0v) is 14.1. The molecule has 0 bridgehead atoms. The van der Waals surface area contributed by atoms with Crippen molar-refractivity contribution in [3.8, 4) is 11.3 Å². The molecule has 0 atom stereocenters. The summed E-state index contributed by atoms with van der Waals surface area (Å²) in [4.78, 5) is 39.5. The number of benzene rings is 1. The molecule has 2 N–H and O–H groups in total. The first-order valence-corrected chi connectivity index (χ1v) is 7.54. The Labute approximate surface area is 144 Å². The van der Waals surface area contributed by atoms with E-state index >= 15 is 0 Å². The summed E-state index contributed by atoms with van der Waals surface area (Å²) in [5.41, 5.74) is -0.497. The van der Waals surface area contributed by atoms with E-state index in [1.165, 1.54) is 6.20 Å². The topological polar surface area (TPSA) is 111 Å². The molecule has 0 spiro atoms. The summed E-state index contributed by atoms with van der Waals surface area (Å²) in [6.45, 7) is 4.48. The first kappa shape index (κ1) is 18.2. The van der Waals surface area contributed by atoms with Crippen molar-refractivity contribution in [2.24, 2.45) is 0 Å². The number of hydrogen-bond acceptors (Lipinski definition) is 5. The first-order chi connectivity index (χ1) is 11.7. The van der Waals surface area contributed by atoms with E-state index in [9.17, 15) is 14.4 Å². The average molecular weight is 345 g/mol. The standard InChI is InChI=1S/C17H19N3O5/c1-17(2,3)25-16(24)19-14-15(23)20(10-13(21)22)12(9-18-14)11-7-5-4-6-8-11/h4-9H,10H2,1-3H3,(H,21,22)(H,18,19,24). The van der Waals surface area contributed by atoms with Crippen LogP contribution in [0.25, 0.3) is 11.3 Å². The maximum Gasteiger partial charge on any atom is 0.413 e. The van der Waals surface area contributed by atoms with Gasteiger partial charge in [-0.2, -0.15) is 0 Å². The van der Waals surface area contributed by atoms with Crippen LogP contribution in [0.5, 0.6) is 0 Å². The normalized spacial score (nSPS) is 11.0. The van der Waals surface area contributed by atoms with Gasteiger partial charge in [0.1, 0.15) is 12.1 Å². The third kappa shape index (κ3) is 4.90. The number of carboxylic acid groups (broad SMARTS) is 1. The van der Waals surface area contributed by atoms with Crippen LogP contribution in [0.4, 0.5) is 10.6 Å². The smallest absolute Gasteiger partial charge is 0.413 e. The van der Waals surface area contributed by atoms with Crippen LogP contribution in [-0.4, -0.2) is 32.3 Å². The van der Waals surface area contributed by atoms with Gasteiger partial charge in [-0.25, -0.2) is 9.78 Å². The number of rotatable bonds is 4. The van der Waals surface area contributed by atoms with Crippen LogP contribution < -0.4 is 10.9 Å². The second kappa shape index (κ2) is 7.16. The molecule has 132 valence electrons. The Balaban J connectivity index is 2.43. The van der Waals surface area contributed by atoms with Gasteiger partial charge < -0.3 is 9.84 Å². The van der Waals surface area contributed by atoms with Crippen molar-refractivity contribution in [1.29, 1.82) is 0 Å². The summed E-state index contributed by atoms with van der Waals surface area (Å²) >= 11 is 0. The third-order valence-corrected chi connectivity index (χ3v) is 3.04. The molecule has 0 saturated heterocycles. The number of nitrogens with one attached hydrogen (secondary N) is 1. The Morgan fingerprint density at radius 3 is 2.44 bits per heavy atom. The lowest BCUT2D eigenvalue weighted by molar-refractivity contribution is -0.137. The Kier molecular flexibility index (Phi) is 5.21. The maximum atomic E-state index is 12.6. The Hall–Kier alpha value is -3.16. The van der Waals surface area contributed by atoms with Crippen molar-refractivity contribution in [3.05, 3.63) is 46.9 Å². The van der Waals surface area contributed by atoms with Crippen molar-refractivity contribution in [2.45, 2.75) is 32.9 Å². The number of anilines is 1. The minimum absolute atomic E-state index is 0.296. The van der Waals surface area contributed by atoms with Crippen molar-refractivity contribution in [1.82, 2.24) is 9.55 Å². The van der Waals surface area contributed by atoms with Crippen LogP contribution in [0.1, 0.15) is 20.8 Å². The summed E-state index contributed by atoms with van der Waals surface area (Å²) in [5.74, 6) is -1.48. The predicted octanol–water partition coefficient (Wildman–Crippen LogP) is 2.34. The number of amides is 1. The second-order valence-electron chi connectivity index (χ2n) is 6.27. The minimum atomic E-state index is -1.19. The zero-order chi connectivity index (χ0) is 18.6. The molecular formula is C17H19N3O5. The molecule has 25 heavy (non-hydrogen) atoms. The summed E-state index contributed by atoms with van der Waals surface area (Å²) in [7, 11) is 0. The van der Waals surface area contributed by atoms with Gasteiger partial charge in [0.2, 0.25) is 5.82 Å². The van der Waals surface area contributed by atoms with Gasteiger partial charge in [0, 0.05) is 0 Å². The second-order valence-corrected chi connectivity index (χ2v) is 6.27. The van der Waals surface area contributed by atoms with E-state index in [1.807, 2.05) is 0 Å². The lowest BCUT2D eigenvalue weighted by Gasteiger charge is -2.19. The monoisotopic (exact) mass is 345 g/mol. The minimum Gasteiger partial charge on any atom is -0.480 e. The summed E-state index contributed by atoms with van der Waals surface area (Å²) in [6, 6.07) is 8.79. The Morgan fingerprint density at radius 1 is 1.24 bits per heavy atom. The van der Waals surface area contributed by atoms with Crippen LogP contribution >= 0.6 is 0 Å². The highest BCUT2D eigenvalue weighted by molar-refractivity contribution is 5.83. The van der Waals surface area contributed by atoms with Gasteiger partial charge in [0.15, 0.2) is 0 Å². The number of hydrogen-bond donors (Lipinski definition) is 2. The van der Waals surface area contributed by atoms with E-state index in [4.69, 9.17) is 9.84 Å². The van der Waals surface area contributed by atoms with Crippen LogP contribution in [-0.2, 0) is 16.1 Å². The lowest BCUT2D eigenvalue weighted by Crippen LogP contribution is -2.33. The molecule has 0 radical (unpaired) electrons. The molecule has 2 rings (SSSR count). The van der Waals surface area contributed by atoms with Crippen molar-refractivity contribution < 1.29 is 19.4 Å². The van der Waals surface area contributed by atoms with Crippen LogP contribution in [0.15, 0.2) is 41.3 Å². The molecule has 0 fully saturated rings. The zero-order valence-electron chi connectivity index (χ0n) is 14.1. The number of carboxylic acids is 1. The fraction of sp³-hybridized carbons (Fsp3) is 0.294. The summed E-state index contributed by atoms with van der Waals surface area (Å²) in [6.07, 6.45) is 0.498. The van der Waals surface area contributed by atoms with Gasteiger partial charge in [-0.3, -0.25) is 19.5 Å². The number of aliphatic carboxylic acids is 1. The fourth-order valence-electron chi connectivity index (χ4n) is 2.11. The first-order valence-electron chi connectivity index (χ1n) is 7.54. The molecule has 0 aliphatic heterocycles. The summed E-state index contributed by atoms with van der Waals surface area (Å²) in [5, 5.41) is 11.4. The van der Waals surface area contributed by atoms with Crippen LogP contribution in [0, 0.1) is 0 Å². The van der Waals surface area contributed by atoms with E-state index in [-0.39, 0.29) is 5.82 Å². The number of aromatic nitrogens is 2. The van der Waals surface area contributed by atoms with Gasteiger partial charge in [0.05, 0.1) is 11.9 Å². The van der Waals surface area contributed by atoms with E-state index < -0.39 is 29.8 Å². The highest BCUT2D eigenvalue weighted by atomic mass is 16.6. The van der Waals surface area contributed by atoms with Gasteiger partial charge in [0.25, 0.3) is 5.56 Å². The third-order valence-electron chi connectivity index (χ3n) is 3.04. The van der Waals surface area contributed by atoms with Crippen molar-refractivity contribution in [3.63, 3.8) is 0 Å². The number of ether oxygens (including phenoxy) is 1. The Bertz CT molecular complexity index is 838. The average Bonchev–Trinajstić information content (AvgIpc) is 2.50. The van der Waals surface area contributed by atoms with E-state index in [2.05, 4.69) is 10.3 Å². The van der Waals surface area contributed by atoms with Gasteiger partial charge in [-0.1, -0.05) is 30.3 Å². The van der Waals surface area contributed by atoms with Gasteiger partial charge in [-0.05, 0) is 26.3 Å². The fourth-order valence-corrected chi connectivity index (χ4v) is 2.11. The predicted molar refractivity (Wildman–Crippen MR) is 91.4 cm³/mol. The molecule has 1 heterocycles. The molecule has 1 aromatic carbocycles. The maximum absolute atomic E-state index is 12.6. The van der Waals surface area contributed by atoms with Crippen LogP contribution in [0.3, 0.4) is 0 Å². The molecule has 8 heteroatoms. The number of carbonyl (C=O) groups is 2. The molecule has 0 aliphatic carbocycles. The lowest BCUT2D eigenvalue weighted by atomic mass is 10.1. The van der Waals surface area contributed by atoms with Crippen molar-refractivity contribution >= 4 is 17.9 Å². The van der Waals surface area contributed by atoms with E-state index in [1.54, 1.807) is 51.1 Å². The molecule has 0 unspecified atom stereocenters. The molecular weight excluding hydrogens is 326 g/mol. The highest BCUT2D eigenvalue weighted by Gasteiger charge is 2.20. The Morgan fingerprint density at radius 2 is 1.88 bits per heavy atom. The highest BCUT2D eigenvalue weighted by Crippen LogP contribution is 2.18. The van der Waals surface area contributed by atoms with E-state index in [0.29, 0.717) is 11.3 Å². The molecule has 0 saturated carbocycles. The number of carbonyl (C=O) groups excluding carboxylic acids is 1.